The van der Waals surface area contributed by atoms with Gasteiger partial charge in [-0.25, -0.2) is 4.39 Å². The molecular weight excluding hydrogens is 251 g/mol. The lowest BCUT2D eigenvalue weighted by Crippen LogP contribution is -2.17. The maximum absolute atomic E-state index is 13.7. The molecule has 2 aromatic carbocycles. The van der Waals surface area contributed by atoms with Crippen molar-refractivity contribution in [3.63, 3.8) is 0 Å². The maximum Gasteiger partial charge on any atom is 0.129 e. The van der Waals surface area contributed by atoms with Gasteiger partial charge in [0, 0.05) is 35.6 Å². The molecule has 0 aliphatic carbocycles. The third-order valence-corrected chi connectivity index (χ3v) is 3.12. The molecule has 0 spiro atoms. The van der Waals surface area contributed by atoms with Gasteiger partial charge in [0.2, 0.25) is 0 Å². The van der Waals surface area contributed by atoms with Crippen LogP contribution in [0.25, 0.3) is 0 Å². The highest BCUT2D eigenvalue weighted by molar-refractivity contribution is 6.31. The van der Waals surface area contributed by atoms with Gasteiger partial charge < -0.3 is 10.6 Å². The van der Waals surface area contributed by atoms with E-state index in [2.05, 4.69) is 0 Å². The number of nitrogen functional groups attached to an aromatic ring is 1. The molecule has 0 aromatic heterocycles. The van der Waals surface area contributed by atoms with Crippen LogP contribution >= 0.6 is 11.6 Å². The topological polar surface area (TPSA) is 29.3 Å². The highest BCUT2D eigenvalue weighted by atomic mass is 35.5. The normalized spacial score (nSPS) is 10.4. The smallest absolute Gasteiger partial charge is 0.129 e. The average molecular weight is 265 g/mol. The largest absolute Gasteiger partial charge is 0.399 e. The van der Waals surface area contributed by atoms with Crippen molar-refractivity contribution in [3.05, 3.63) is 58.9 Å². The molecular formula is C14H14ClFN2. The number of nitrogens with zero attached hydrogens (tertiary/aromatic N) is 1. The number of anilines is 2. The molecule has 0 atom stereocenters. The molecule has 0 unspecified atom stereocenters. The van der Waals surface area contributed by atoms with Gasteiger partial charge in [0.15, 0.2) is 0 Å². The van der Waals surface area contributed by atoms with Crippen LogP contribution in [0.2, 0.25) is 5.02 Å². The fourth-order valence-corrected chi connectivity index (χ4v) is 2.00. The average Bonchev–Trinajstić information content (AvgIpc) is 2.34. The first kappa shape index (κ1) is 12.7. The van der Waals surface area contributed by atoms with E-state index in [4.69, 9.17) is 17.3 Å². The lowest BCUT2D eigenvalue weighted by atomic mass is 10.2. The molecule has 2 N–H and O–H groups in total. The second-order valence-electron chi connectivity index (χ2n) is 4.15. The van der Waals surface area contributed by atoms with Gasteiger partial charge in [-0.3, -0.25) is 0 Å². The highest BCUT2D eigenvalue weighted by Crippen LogP contribution is 2.23. The summed E-state index contributed by atoms with van der Waals surface area (Å²) in [6, 6.07) is 12.1. The molecule has 0 saturated carbocycles. The Labute approximate surface area is 111 Å². The predicted molar refractivity (Wildman–Crippen MR) is 74.4 cm³/mol. The van der Waals surface area contributed by atoms with E-state index in [1.165, 1.54) is 6.07 Å². The molecule has 0 aliphatic rings. The first-order valence-electron chi connectivity index (χ1n) is 5.57. The van der Waals surface area contributed by atoms with E-state index in [1.807, 2.05) is 36.2 Å². The summed E-state index contributed by atoms with van der Waals surface area (Å²) < 4.78 is 13.7. The predicted octanol–water partition coefficient (Wildman–Crippen LogP) is 3.70. The second-order valence-corrected chi connectivity index (χ2v) is 4.56. The molecule has 2 rings (SSSR count). The van der Waals surface area contributed by atoms with E-state index in [1.54, 1.807) is 12.1 Å². The molecule has 0 amide bonds. The number of hydrogen-bond acceptors (Lipinski definition) is 2. The van der Waals surface area contributed by atoms with E-state index in [-0.39, 0.29) is 5.82 Å². The van der Waals surface area contributed by atoms with E-state index in [9.17, 15) is 4.39 Å². The minimum Gasteiger partial charge on any atom is -0.399 e. The summed E-state index contributed by atoms with van der Waals surface area (Å²) in [6.45, 7) is 0.398. The molecule has 0 heterocycles. The van der Waals surface area contributed by atoms with Gasteiger partial charge >= 0.3 is 0 Å². The Kier molecular flexibility index (Phi) is 3.72. The Hall–Kier alpha value is -1.74. The number of benzene rings is 2. The highest BCUT2D eigenvalue weighted by Gasteiger charge is 2.10. The first-order valence-corrected chi connectivity index (χ1v) is 5.95. The zero-order valence-electron chi connectivity index (χ0n) is 10.0. The SMILES string of the molecule is CN(Cc1c(F)cccc1Cl)c1cccc(N)c1. The van der Waals surface area contributed by atoms with Crippen molar-refractivity contribution in [1.29, 1.82) is 0 Å². The summed E-state index contributed by atoms with van der Waals surface area (Å²) in [6.07, 6.45) is 0. The summed E-state index contributed by atoms with van der Waals surface area (Å²) in [4.78, 5) is 1.90. The third kappa shape index (κ3) is 2.74. The third-order valence-electron chi connectivity index (χ3n) is 2.77. The van der Waals surface area contributed by atoms with Gasteiger partial charge in [-0.05, 0) is 30.3 Å². The summed E-state index contributed by atoms with van der Waals surface area (Å²) in [5.74, 6) is -0.293. The summed E-state index contributed by atoms with van der Waals surface area (Å²) in [7, 11) is 1.87. The van der Waals surface area contributed by atoms with Crippen LogP contribution in [-0.2, 0) is 6.54 Å². The summed E-state index contributed by atoms with van der Waals surface area (Å²) in [5.41, 5.74) is 7.82. The van der Waals surface area contributed by atoms with Crippen LogP contribution in [0.4, 0.5) is 15.8 Å². The monoisotopic (exact) mass is 264 g/mol. The quantitative estimate of drug-likeness (QED) is 0.857. The van der Waals surface area contributed by atoms with E-state index < -0.39 is 0 Å². The molecule has 0 bridgehead atoms. The fourth-order valence-electron chi connectivity index (χ4n) is 1.77. The zero-order chi connectivity index (χ0) is 13.1. The molecule has 0 fully saturated rings. The van der Waals surface area contributed by atoms with Crippen molar-refractivity contribution >= 4 is 23.0 Å². The van der Waals surface area contributed by atoms with Crippen molar-refractivity contribution < 1.29 is 4.39 Å². The number of nitrogens with two attached hydrogens (primary N) is 1. The van der Waals surface area contributed by atoms with Gasteiger partial charge in [-0.2, -0.15) is 0 Å². The number of halogens is 2. The van der Waals surface area contributed by atoms with Crippen LogP contribution < -0.4 is 10.6 Å². The van der Waals surface area contributed by atoms with E-state index in [0.717, 1.165) is 5.69 Å². The van der Waals surface area contributed by atoms with E-state index in [0.29, 0.717) is 22.8 Å². The Bertz CT molecular complexity index is 537. The molecule has 0 saturated heterocycles. The molecule has 94 valence electrons. The van der Waals surface area contributed by atoms with Crippen LogP contribution in [0.1, 0.15) is 5.56 Å². The van der Waals surface area contributed by atoms with Crippen LogP contribution in [0.15, 0.2) is 42.5 Å². The van der Waals surface area contributed by atoms with Crippen molar-refractivity contribution in [1.82, 2.24) is 0 Å². The van der Waals surface area contributed by atoms with Crippen LogP contribution in [0, 0.1) is 5.82 Å². The lowest BCUT2D eigenvalue weighted by molar-refractivity contribution is 0.608. The van der Waals surface area contributed by atoms with Gasteiger partial charge in [-0.15, -0.1) is 0 Å². The second kappa shape index (κ2) is 5.27. The first-order chi connectivity index (χ1) is 8.58. The van der Waals surface area contributed by atoms with Crippen LogP contribution in [0.5, 0.6) is 0 Å². The van der Waals surface area contributed by atoms with Gasteiger partial charge in [-0.1, -0.05) is 23.7 Å². The Morgan fingerprint density at radius 2 is 1.94 bits per heavy atom. The lowest BCUT2D eigenvalue weighted by Gasteiger charge is -2.20. The molecule has 0 radical (unpaired) electrons. The van der Waals surface area contributed by atoms with Gasteiger partial charge in [0.05, 0.1) is 0 Å². The van der Waals surface area contributed by atoms with Gasteiger partial charge in [0.25, 0.3) is 0 Å². The Morgan fingerprint density at radius 3 is 2.61 bits per heavy atom. The maximum atomic E-state index is 13.7. The van der Waals surface area contributed by atoms with Crippen molar-refractivity contribution in [3.8, 4) is 0 Å². The standard InChI is InChI=1S/C14H14ClFN2/c1-18(11-5-2-4-10(17)8-11)9-12-13(15)6-3-7-14(12)16/h2-8H,9,17H2,1H3. The summed E-state index contributed by atoms with van der Waals surface area (Å²) in [5, 5.41) is 0.436. The van der Waals surface area contributed by atoms with Crippen molar-refractivity contribution in [2.45, 2.75) is 6.54 Å². The molecule has 18 heavy (non-hydrogen) atoms. The van der Waals surface area contributed by atoms with Crippen molar-refractivity contribution in [2.75, 3.05) is 17.7 Å². The molecule has 2 nitrogen and oxygen atoms in total. The van der Waals surface area contributed by atoms with E-state index >= 15 is 0 Å². The minimum atomic E-state index is -0.293. The fraction of sp³-hybridized carbons (Fsp3) is 0.143. The molecule has 2 aromatic rings. The Balaban J connectivity index is 2.24. The number of hydrogen-bond donors (Lipinski definition) is 1. The minimum absolute atomic E-state index is 0.293. The summed E-state index contributed by atoms with van der Waals surface area (Å²) >= 11 is 6.00. The van der Waals surface area contributed by atoms with Crippen LogP contribution in [-0.4, -0.2) is 7.05 Å². The molecule has 4 heteroatoms. The van der Waals surface area contributed by atoms with Crippen LogP contribution in [0.3, 0.4) is 0 Å². The number of rotatable bonds is 3. The molecule has 0 aliphatic heterocycles. The zero-order valence-corrected chi connectivity index (χ0v) is 10.8. The van der Waals surface area contributed by atoms with Gasteiger partial charge in [0.1, 0.15) is 5.82 Å². The van der Waals surface area contributed by atoms with Crippen molar-refractivity contribution in [2.24, 2.45) is 0 Å². The Morgan fingerprint density at radius 1 is 1.22 bits per heavy atom.